The van der Waals surface area contributed by atoms with Crippen LogP contribution in [0.25, 0.3) is 0 Å². The Morgan fingerprint density at radius 2 is 1.89 bits per heavy atom. The van der Waals surface area contributed by atoms with E-state index in [0.717, 1.165) is 32.7 Å². The Labute approximate surface area is 212 Å². The largest absolute Gasteiger partial charge is 0.362 e. The summed E-state index contributed by atoms with van der Waals surface area (Å²) in [6.45, 7) is 3.86. The lowest BCUT2D eigenvalue weighted by atomic mass is 9.71. The van der Waals surface area contributed by atoms with Crippen molar-refractivity contribution >= 4 is 33.4 Å². The lowest BCUT2D eigenvalue weighted by Crippen LogP contribution is -2.37. The van der Waals surface area contributed by atoms with Crippen LogP contribution in [0.3, 0.4) is 0 Å². The van der Waals surface area contributed by atoms with Gasteiger partial charge in [0.2, 0.25) is 0 Å². The van der Waals surface area contributed by atoms with Crippen LogP contribution in [-0.4, -0.2) is 26.5 Å². The van der Waals surface area contributed by atoms with Crippen LogP contribution in [0.15, 0.2) is 81.9 Å². The number of carbonyl (C=O) groups excluding carboxylic acids is 2. The normalized spacial score (nSPS) is 19.9. The number of halogens is 1. The SMILES string of the molecule is CC1=C(C(=O)Nc2ccc(Br)cn2)C(c2cnn(C)c2C)C2=C(CC(c3ccccc3)CC2=O)N1. The molecule has 0 saturated heterocycles. The summed E-state index contributed by atoms with van der Waals surface area (Å²) < 4.78 is 2.60. The third-order valence-electron chi connectivity index (χ3n) is 6.90. The predicted octanol–water partition coefficient (Wildman–Crippen LogP) is 4.89. The molecule has 1 aromatic carbocycles. The number of hydrogen-bond acceptors (Lipinski definition) is 5. The highest BCUT2D eigenvalue weighted by atomic mass is 79.9. The van der Waals surface area contributed by atoms with Gasteiger partial charge in [0.1, 0.15) is 5.82 Å². The number of pyridine rings is 1. The van der Waals surface area contributed by atoms with Crippen LogP contribution in [0.1, 0.15) is 48.4 Å². The number of nitrogens with zero attached hydrogens (tertiary/aromatic N) is 3. The minimum atomic E-state index is -0.500. The summed E-state index contributed by atoms with van der Waals surface area (Å²) in [4.78, 5) is 31.6. The van der Waals surface area contributed by atoms with Crippen molar-refractivity contribution < 1.29 is 9.59 Å². The molecule has 1 amide bonds. The van der Waals surface area contributed by atoms with Crippen LogP contribution < -0.4 is 10.6 Å². The molecule has 0 spiro atoms. The molecule has 5 rings (SSSR count). The first-order valence-corrected chi connectivity index (χ1v) is 12.3. The van der Waals surface area contributed by atoms with Gasteiger partial charge in [-0.2, -0.15) is 5.10 Å². The molecule has 2 unspecified atom stereocenters. The summed E-state index contributed by atoms with van der Waals surface area (Å²) in [6.07, 6.45) is 4.52. The zero-order valence-corrected chi connectivity index (χ0v) is 21.4. The fourth-order valence-corrected chi connectivity index (χ4v) is 5.28. The number of allylic oxidation sites excluding steroid dienone is 3. The van der Waals surface area contributed by atoms with Gasteiger partial charge in [-0.15, -0.1) is 0 Å². The second-order valence-electron chi connectivity index (χ2n) is 9.05. The standard InChI is InChI=1S/C27H26BrN5O2/c1-15-24(27(35)32-23-10-9-19(28)13-29-23)25(20-14-30-33(3)16(20)2)26-21(31-15)11-18(12-22(26)34)17-7-5-4-6-8-17/h4-10,13-14,18,25,31H,11-12H2,1-3H3,(H,29,32,35). The predicted molar refractivity (Wildman–Crippen MR) is 138 cm³/mol. The molecule has 1 aliphatic heterocycles. The first-order valence-electron chi connectivity index (χ1n) is 11.5. The molecule has 0 bridgehead atoms. The molecule has 0 radical (unpaired) electrons. The quantitative estimate of drug-likeness (QED) is 0.500. The molecule has 0 fully saturated rings. The Hall–Kier alpha value is -3.52. The lowest BCUT2D eigenvalue weighted by Gasteiger charge is -2.36. The molecule has 8 heteroatoms. The van der Waals surface area contributed by atoms with Gasteiger partial charge in [-0.05, 0) is 59.8 Å². The minimum Gasteiger partial charge on any atom is -0.362 e. The van der Waals surface area contributed by atoms with Gasteiger partial charge in [-0.1, -0.05) is 30.3 Å². The lowest BCUT2D eigenvalue weighted by molar-refractivity contribution is -0.116. The molecular formula is C27H26BrN5O2. The van der Waals surface area contributed by atoms with E-state index in [9.17, 15) is 9.59 Å². The average molecular weight is 532 g/mol. The highest BCUT2D eigenvalue weighted by molar-refractivity contribution is 9.10. The monoisotopic (exact) mass is 531 g/mol. The van der Waals surface area contributed by atoms with Crippen molar-refractivity contribution in [3.05, 3.63) is 98.7 Å². The smallest absolute Gasteiger partial charge is 0.255 e. The van der Waals surface area contributed by atoms with Crippen LogP contribution in [0.4, 0.5) is 5.82 Å². The second-order valence-corrected chi connectivity index (χ2v) is 9.97. The Balaban J connectivity index is 1.57. The second kappa shape index (κ2) is 9.26. The molecule has 35 heavy (non-hydrogen) atoms. The number of anilines is 1. The van der Waals surface area contributed by atoms with Crippen LogP contribution in [0, 0.1) is 6.92 Å². The Morgan fingerprint density at radius 3 is 2.54 bits per heavy atom. The molecule has 0 saturated carbocycles. The van der Waals surface area contributed by atoms with E-state index in [4.69, 9.17) is 0 Å². The molecule has 2 atom stereocenters. The highest BCUT2D eigenvalue weighted by Crippen LogP contribution is 2.46. The third kappa shape index (κ3) is 4.34. The number of rotatable bonds is 4. The van der Waals surface area contributed by atoms with E-state index >= 15 is 0 Å². The van der Waals surface area contributed by atoms with E-state index in [2.05, 4.69) is 48.8 Å². The number of carbonyl (C=O) groups is 2. The summed E-state index contributed by atoms with van der Waals surface area (Å²) >= 11 is 3.37. The minimum absolute atomic E-state index is 0.0559. The van der Waals surface area contributed by atoms with E-state index < -0.39 is 5.92 Å². The summed E-state index contributed by atoms with van der Waals surface area (Å²) in [7, 11) is 1.87. The van der Waals surface area contributed by atoms with Crippen molar-refractivity contribution in [3.63, 3.8) is 0 Å². The summed E-state index contributed by atoms with van der Waals surface area (Å²) in [5, 5.41) is 10.8. The number of aryl methyl sites for hydroxylation is 1. The maximum atomic E-state index is 13.7. The molecule has 2 aliphatic rings. The zero-order valence-electron chi connectivity index (χ0n) is 19.8. The zero-order chi connectivity index (χ0) is 24.7. The molecule has 2 aromatic heterocycles. The Bertz CT molecular complexity index is 1370. The van der Waals surface area contributed by atoms with Crippen LogP contribution >= 0.6 is 15.9 Å². The van der Waals surface area contributed by atoms with Crippen molar-refractivity contribution in [3.8, 4) is 0 Å². The molecular weight excluding hydrogens is 506 g/mol. The maximum absolute atomic E-state index is 13.7. The highest BCUT2D eigenvalue weighted by Gasteiger charge is 2.42. The van der Waals surface area contributed by atoms with Crippen LogP contribution in [0.2, 0.25) is 0 Å². The number of benzene rings is 1. The summed E-state index contributed by atoms with van der Waals surface area (Å²) in [5.41, 5.74) is 5.72. The molecule has 7 nitrogen and oxygen atoms in total. The molecule has 3 aromatic rings. The van der Waals surface area contributed by atoms with Gasteiger partial charge in [0.25, 0.3) is 5.91 Å². The van der Waals surface area contributed by atoms with Crippen molar-refractivity contribution in [2.75, 3.05) is 5.32 Å². The van der Waals surface area contributed by atoms with E-state index in [1.165, 1.54) is 0 Å². The van der Waals surface area contributed by atoms with E-state index in [1.807, 2.05) is 45.2 Å². The molecule has 2 N–H and O–H groups in total. The average Bonchev–Trinajstić information content (AvgIpc) is 3.17. The van der Waals surface area contributed by atoms with E-state index in [0.29, 0.717) is 29.8 Å². The van der Waals surface area contributed by atoms with Crippen molar-refractivity contribution in [1.29, 1.82) is 0 Å². The van der Waals surface area contributed by atoms with Gasteiger partial charge in [0.15, 0.2) is 5.78 Å². The van der Waals surface area contributed by atoms with Gasteiger partial charge < -0.3 is 10.6 Å². The van der Waals surface area contributed by atoms with E-state index in [1.54, 1.807) is 23.1 Å². The Morgan fingerprint density at radius 1 is 1.11 bits per heavy atom. The third-order valence-corrected chi connectivity index (χ3v) is 7.37. The molecule has 178 valence electrons. The number of amides is 1. The van der Waals surface area contributed by atoms with Crippen molar-refractivity contribution in [2.24, 2.45) is 7.05 Å². The van der Waals surface area contributed by atoms with Crippen molar-refractivity contribution in [2.45, 2.75) is 38.5 Å². The van der Waals surface area contributed by atoms with Gasteiger partial charge in [0.05, 0.1) is 6.20 Å². The number of Topliss-reactive ketones (excluding diaryl/α,β-unsaturated/α-hetero) is 1. The number of dihydropyridines is 1. The van der Waals surface area contributed by atoms with Gasteiger partial charge in [0, 0.05) is 63.9 Å². The number of aromatic nitrogens is 3. The number of hydrogen-bond donors (Lipinski definition) is 2. The summed E-state index contributed by atoms with van der Waals surface area (Å²) in [5.74, 6) is -0.192. The van der Waals surface area contributed by atoms with Crippen LogP contribution in [-0.2, 0) is 16.6 Å². The summed E-state index contributed by atoms with van der Waals surface area (Å²) in [6, 6.07) is 13.7. The van der Waals surface area contributed by atoms with Gasteiger partial charge in [-0.25, -0.2) is 4.98 Å². The maximum Gasteiger partial charge on any atom is 0.255 e. The number of ketones is 1. The fourth-order valence-electron chi connectivity index (χ4n) is 5.04. The topological polar surface area (TPSA) is 88.9 Å². The van der Waals surface area contributed by atoms with Gasteiger partial charge >= 0.3 is 0 Å². The molecule has 3 heterocycles. The van der Waals surface area contributed by atoms with Crippen LogP contribution in [0.5, 0.6) is 0 Å². The Kier molecular flexibility index (Phi) is 6.15. The van der Waals surface area contributed by atoms with E-state index in [-0.39, 0.29) is 17.6 Å². The fraction of sp³-hybridized carbons (Fsp3) is 0.259. The van der Waals surface area contributed by atoms with Gasteiger partial charge in [-0.3, -0.25) is 14.3 Å². The van der Waals surface area contributed by atoms with Crippen molar-refractivity contribution in [1.82, 2.24) is 20.1 Å². The first kappa shape index (κ1) is 23.2. The first-order chi connectivity index (χ1) is 16.8. The molecule has 1 aliphatic carbocycles. The number of nitrogens with one attached hydrogen (secondary N) is 2.